The number of aliphatic hydroxyl groups excluding tert-OH is 2. The van der Waals surface area contributed by atoms with Gasteiger partial charge in [0.2, 0.25) is 0 Å². The third-order valence-electron chi connectivity index (χ3n) is 6.18. The number of hydrogen-bond donors (Lipinski definition) is 2. The number of rotatable bonds is 6. The summed E-state index contributed by atoms with van der Waals surface area (Å²) in [5, 5.41) is 18.5. The Kier molecular flexibility index (Phi) is 5.99. The number of pyridine rings is 1. The number of ether oxygens (including phenoxy) is 1. The van der Waals surface area contributed by atoms with Crippen molar-refractivity contribution in [3.63, 3.8) is 0 Å². The normalized spacial score (nSPS) is 17.9. The van der Waals surface area contributed by atoms with Gasteiger partial charge < -0.3 is 19.8 Å². The number of nitrogens with zero attached hydrogens (tertiary/aromatic N) is 3. The number of morpholine rings is 1. The first kappa shape index (κ1) is 20.8. The van der Waals surface area contributed by atoms with Crippen LogP contribution in [0.1, 0.15) is 28.7 Å². The molecule has 0 saturated carbocycles. The molecule has 6 nitrogen and oxygen atoms in total. The molecule has 5 rings (SSSR count). The molecular weight excluding hydrogens is 402 g/mol. The molecule has 1 fully saturated rings. The highest BCUT2D eigenvalue weighted by atomic mass is 16.5. The smallest absolute Gasteiger partial charge is 0.129 e. The van der Waals surface area contributed by atoms with E-state index in [0.717, 1.165) is 52.4 Å². The van der Waals surface area contributed by atoms with Crippen LogP contribution in [0.2, 0.25) is 0 Å². The van der Waals surface area contributed by atoms with Crippen LogP contribution < -0.4 is 4.90 Å². The Morgan fingerprint density at radius 2 is 1.81 bits per heavy atom. The third-order valence-corrected chi connectivity index (χ3v) is 6.18. The van der Waals surface area contributed by atoms with Crippen LogP contribution >= 0.6 is 0 Å². The van der Waals surface area contributed by atoms with E-state index in [1.54, 1.807) is 0 Å². The molecule has 1 unspecified atom stereocenters. The Labute approximate surface area is 187 Å². The summed E-state index contributed by atoms with van der Waals surface area (Å²) in [6.45, 7) is 3.02. The summed E-state index contributed by atoms with van der Waals surface area (Å²) in [7, 11) is 0. The minimum absolute atomic E-state index is 0.0310. The van der Waals surface area contributed by atoms with Crippen molar-refractivity contribution >= 4 is 11.5 Å². The van der Waals surface area contributed by atoms with Crippen LogP contribution in [0.4, 0.5) is 5.82 Å². The van der Waals surface area contributed by atoms with Crippen LogP contribution in [0.15, 0.2) is 65.8 Å². The largest absolute Gasteiger partial charge is 0.396 e. The highest BCUT2D eigenvalue weighted by Gasteiger charge is 2.23. The van der Waals surface area contributed by atoms with Gasteiger partial charge in [0.25, 0.3) is 0 Å². The minimum atomic E-state index is 0.0310. The van der Waals surface area contributed by atoms with Gasteiger partial charge in [-0.2, -0.15) is 0 Å². The molecule has 1 atom stereocenters. The SMILES string of the molecule is OCCC1CN(c2cc(C3=NCc4ccc(-c5ccc(CO)cc5)cc43)ccn2)CCO1. The topological polar surface area (TPSA) is 78.2 Å². The van der Waals surface area contributed by atoms with Crippen LogP contribution in [0.25, 0.3) is 11.1 Å². The van der Waals surface area contributed by atoms with E-state index in [9.17, 15) is 10.2 Å². The second-order valence-corrected chi connectivity index (χ2v) is 8.25. The first-order chi connectivity index (χ1) is 15.7. The quantitative estimate of drug-likeness (QED) is 0.629. The average molecular weight is 430 g/mol. The molecule has 3 heterocycles. The summed E-state index contributed by atoms with van der Waals surface area (Å²) in [5.41, 5.74) is 7.61. The predicted octanol–water partition coefficient (Wildman–Crippen LogP) is 3.18. The molecule has 0 aliphatic carbocycles. The number of anilines is 1. The lowest BCUT2D eigenvalue weighted by molar-refractivity contribution is 0.0244. The van der Waals surface area contributed by atoms with Crippen molar-refractivity contribution in [3.05, 3.63) is 83.0 Å². The van der Waals surface area contributed by atoms with Gasteiger partial charge in [-0.1, -0.05) is 36.4 Å². The van der Waals surface area contributed by atoms with Crippen molar-refractivity contribution in [2.75, 3.05) is 31.2 Å². The molecule has 2 aromatic carbocycles. The number of hydrogen-bond acceptors (Lipinski definition) is 6. The van der Waals surface area contributed by atoms with E-state index in [0.29, 0.717) is 19.6 Å². The van der Waals surface area contributed by atoms with E-state index < -0.39 is 0 Å². The second-order valence-electron chi connectivity index (χ2n) is 8.25. The van der Waals surface area contributed by atoms with E-state index in [1.807, 2.05) is 36.5 Å². The average Bonchev–Trinajstić information content (AvgIpc) is 3.28. The molecule has 1 aromatic heterocycles. The standard InChI is InChI=1S/C26H27N3O3/c30-11-8-23-16-29(10-12-32-23)25-14-21(7-9-27-25)26-24-13-20(5-6-22(24)15-28-26)19-3-1-18(17-31)2-4-19/h1-7,9,13-14,23,30-31H,8,10-12,15-17H2. The zero-order valence-corrected chi connectivity index (χ0v) is 17.9. The van der Waals surface area contributed by atoms with Crippen molar-refractivity contribution in [1.82, 2.24) is 4.98 Å². The van der Waals surface area contributed by atoms with Crippen LogP contribution in [-0.4, -0.2) is 53.3 Å². The molecule has 6 heteroatoms. The zero-order chi connectivity index (χ0) is 21.9. The van der Waals surface area contributed by atoms with Crippen molar-refractivity contribution < 1.29 is 14.9 Å². The lowest BCUT2D eigenvalue weighted by atomic mass is 9.95. The predicted molar refractivity (Wildman–Crippen MR) is 125 cm³/mol. The monoisotopic (exact) mass is 429 g/mol. The van der Waals surface area contributed by atoms with Crippen molar-refractivity contribution in [3.8, 4) is 11.1 Å². The molecule has 2 N–H and O–H groups in total. The molecule has 0 spiro atoms. The number of benzene rings is 2. The van der Waals surface area contributed by atoms with E-state index in [2.05, 4.69) is 34.1 Å². The van der Waals surface area contributed by atoms with Crippen LogP contribution in [0.5, 0.6) is 0 Å². The number of aliphatic hydroxyl groups is 2. The third kappa shape index (κ3) is 4.17. The molecule has 2 aliphatic rings. The first-order valence-corrected chi connectivity index (χ1v) is 11.1. The highest BCUT2D eigenvalue weighted by molar-refractivity contribution is 6.15. The van der Waals surface area contributed by atoms with Gasteiger partial charge in [-0.25, -0.2) is 4.98 Å². The minimum Gasteiger partial charge on any atom is -0.396 e. The Morgan fingerprint density at radius 1 is 0.969 bits per heavy atom. The number of fused-ring (bicyclic) bond motifs is 1. The van der Waals surface area contributed by atoms with Gasteiger partial charge in [-0.3, -0.25) is 4.99 Å². The fourth-order valence-corrected chi connectivity index (χ4v) is 4.40. The lowest BCUT2D eigenvalue weighted by Crippen LogP contribution is -2.43. The Bertz CT molecular complexity index is 1130. The van der Waals surface area contributed by atoms with E-state index in [-0.39, 0.29) is 19.3 Å². The van der Waals surface area contributed by atoms with Gasteiger partial charge >= 0.3 is 0 Å². The summed E-state index contributed by atoms with van der Waals surface area (Å²) < 4.78 is 5.75. The fraction of sp³-hybridized carbons (Fsp3) is 0.308. The maximum absolute atomic E-state index is 9.30. The zero-order valence-electron chi connectivity index (χ0n) is 17.9. The van der Waals surface area contributed by atoms with E-state index >= 15 is 0 Å². The molecule has 32 heavy (non-hydrogen) atoms. The van der Waals surface area contributed by atoms with Crippen molar-refractivity contribution in [2.45, 2.75) is 25.7 Å². The van der Waals surface area contributed by atoms with E-state index in [4.69, 9.17) is 9.73 Å². The van der Waals surface area contributed by atoms with Crippen molar-refractivity contribution in [2.24, 2.45) is 4.99 Å². The van der Waals surface area contributed by atoms with Gasteiger partial charge in [0.1, 0.15) is 5.82 Å². The van der Waals surface area contributed by atoms with Crippen molar-refractivity contribution in [1.29, 1.82) is 0 Å². The van der Waals surface area contributed by atoms with Gasteiger partial charge in [0.05, 0.1) is 31.6 Å². The number of aliphatic imine (C=N–C) groups is 1. The summed E-state index contributed by atoms with van der Waals surface area (Å²) in [4.78, 5) is 11.7. The van der Waals surface area contributed by atoms with Gasteiger partial charge in [0, 0.05) is 37.0 Å². The van der Waals surface area contributed by atoms with Gasteiger partial charge in [-0.05, 0) is 46.9 Å². The summed E-state index contributed by atoms with van der Waals surface area (Å²) >= 11 is 0. The molecule has 0 amide bonds. The Morgan fingerprint density at radius 3 is 2.62 bits per heavy atom. The fourth-order valence-electron chi connectivity index (χ4n) is 4.40. The molecule has 164 valence electrons. The van der Waals surface area contributed by atoms with Crippen LogP contribution in [0.3, 0.4) is 0 Å². The summed E-state index contributed by atoms with van der Waals surface area (Å²) in [6.07, 6.45) is 2.51. The van der Waals surface area contributed by atoms with Gasteiger partial charge in [0.15, 0.2) is 0 Å². The summed E-state index contributed by atoms with van der Waals surface area (Å²) in [5.74, 6) is 0.917. The maximum atomic E-state index is 9.30. The first-order valence-electron chi connectivity index (χ1n) is 11.1. The Balaban J connectivity index is 1.42. The molecule has 0 radical (unpaired) electrons. The summed E-state index contributed by atoms with van der Waals surface area (Å²) in [6, 6.07) is 18.6. The van der Waals surface area contributed by atoms with Crippen LogP contribution in [-0.2, 0) is 17.9 Å². The molecule has 2 aliphatic heterocycles. The number of aromatic nitrogens is 1. The second kappa shape index (κ2) is 9.20. The molecule has 0 bridgehead atoms. The molecular formula is C26H27N3O3. The highest BCUT2D eigenvalue weighted by Crippen LogP contribution is 2.30. The maximum Gasteiger partial charge on any atom is 0.129 e. The van der Waals surface area contributed by atoms with E-state index in [1.165, 1.54) is 5.56 Å². The van der Waals surface area contributed by atoms with Gasteiger partial charge in [-0.15, -0.1) is 0 Å². The molecule has 1 saturated heterocycles. The Hall–Kier alpha value is -3.06. The van der Waals surface area contributed by atoms with Crippen LogP contribution in [0, 0.1) is 0 Å². The molecule has 3 aromatic rings. The lowest BCUT2D eigenvalue weighted by Gasteiger charge is -2.33.